The van der Waals surface area contributed by atoms with E-state index in [-0.39, 0.29) is 0 Å². The number of rotatable bonds is 3. The van der Waals surface area contributed by atoms with E-state index >= 15 is 0 Å². The second-order valence-corrected chi connectivity index (χ2v) is 4.98. The van der Waals surface area contributed by atoms with Crippen molar-refractivity contribution in [2.75, 3.05) is 0 Å². The second kappa shape index (κ2) is 3.81. The van der Waals surface area contributed by atoms with Gasteiger partial charge < -0.3 is 0 Å². The van der Waals surface area contributed by atoms with E-state index in [2.05, 4.69) is 34.6 Å². The summed E-state index contributed by atoms with van der Waals surface area (Å²) in [6.45, 7) is 12.0. The lowest BCUT2D eigenvalue weighted by Crippen LogP contribution is -2.38. The molecule has 0 N–H and O–H groups in total. The third-order valence-electron chi connectivity index (χ3n) is 4.43. The molecule has 0 heterocycles. The van der Waals surface area contributed by atoms with E-state index in [1.165, 1.54) is 12.8 Å². The second-order valence-electron chi connectivity index (χ2n) is 4.98. The molecule has 72 valence electrons. The van der Waals surface area contributed by atoms with Gasteiger partial charge in [-0.3, -0.25) is 0 Å². The van der Waals surface area contributed by atoms with Crippen LogP contribution < -0.4 is 0 Å². The molecule has 0 aliphatic heterocycles. The van der Waals surface area contributed by atoms with Crippen LogP contribution in [0.15, 0.2) is 0 Å². The average Bonchev–Trinajstić information content (AvgIpc) is 2.10. The molecule has 5 atom stereocenters. The van der Waals surface area contributed by atoms with Crippen molar-refractivity contribution in [3.05, 3.63) is 0 Å². The highest BCUT2D eigenvalue weighted by molar-refractivity contribution is 4.87. The molecule has 1 saturated carbocycles. The number of hydrogen-bond donors (Lipinski definition) is 0. The van der Waals surface area contributed by atoms with E-state index in [4.69, 9.17) is 0 Å². The van der Waals surface area contributed by atoms with Crippen LogP contribution in [0.5, 0.6) is 0 Å². The molecule has 12 heavy (non-hydrogen) atoms. The van der Waals surface area contributed by atoms with Crippen LogP contribution in [-0.4, -0.2) is 0 Å². The molecule has 0 amide bonds. The normalized spacial score (nSPS) is 40.2. The van der Waals surface area contributed by atoms with Gasteiger partial charge >= 0.3 is 0 Å². The largest absolute Gasteiger partial charge is 0.0651 e. The molecule has 0 heteroatoms. The monoisotopic (exact) mass is 168 g/mol. The van der Waals surface area contributed by atoms with Gasteiger partial charge in [-0.2, -0.15) is 0 Å². The fourth-order valence-corrected chi connectivity index (χ4v) is 2.57. The van der Waals surface area contributed by atoms with E-state index in [0.717, 1.165) is 29.6 Å². The van der Waals surface area contributed by atoms with Gasteiger partial charge in [0.15, 0.2) is 0 Å². The van der Waals surface area contributed by atoms with Gasteiger partial charge in [0.05, 0.1) is 0 Å². The van der Waals surface area contributed by atoms with Gasteiger partial charge in [0.1, 0.15) is 0 Å². The maximum absolute atomic E-state index is 2.45. The van der Waals surface area contributed by atoms with Crippen molar-refractivity contribution >= 4 is 0 Å². The van der Waals surface area contributed by atoms with E-state index in [0.29, 0.717) is 0 Å². The molecule has 1 rings (SSSR count). The smallest absolute Gasteiger partial charge is 0.0355 e. The quantitative estimate of drug-likeness (QED) is 0.598. The van der Waals surface area contributed by atoms with E-state index in [9.17, 15) is 0 Å². The van der Waals surface area contributed by atoms with Crippen molar-refractivity contribution in [1.82, 2.24) is 0 Å². The van der Waals surface area contributed by atoms with Crippen LogP contribution in [-0.2, 0) is 0 Å². The first-order valence-corrected chi connectivity index (χ1v) is 5.57. The third-order valence-corrected chi connectivity index (χ3v) is 4.43. The molecule has 0 spiro atoms. The highest BCUT2D eigenvalue weighted by Crippen LogP contribution is 2.46. The maximum atomic E-state index is 2.45. The van der Waals surface area contributed by atoms with Gasteiger partial charge in [-0.05, 0) is 36.0 Å². The molecule has 0 aromatic heterocycles. The van der Waals surface area contributed by atoms with E-state index in [1.54, 1.807) is 0 Å². The van der Waals surface area contributed by atoms with Gasteiger partial charge in [0.2, 0.25) is 0 Å². The van der Waals surface area contributed by atoms with Crippen LogP contribution in [0.25, 0.3) is 0 Å². The first-order chi connectivity index (χ1) is 5.57. The van der Waals surface area contributed by atoms with Crippen LogP contribution in [0, 0.1) is 29.6 Å². The Balaban J connectivity index is 2.39. The zero-order chi connectivity index (χ0) is 9.30. The van der Waals surface area contributed by atoms with E-state index in [1.807, 2.05) is 0 Å². The van der Waals surface area contributed by atoms with Gasteiger partial charge in [-0.25, -0.2) is 0 Å². The molecule has 5 unspecified atom stereocenters. The summed E-state index contributed by atoms with van der Waals surface area (Å²) in [4.78, 5) is 0. The van der Waals surface area contributed by atoms with Crippen molar-refractivity contribution < 1.29 is 0 Å². The third kappa shape index (κ3) is 1.67. The molecule has 1 aliphatic carbocycles. The van der Waals surface area contributed by atoms with Gasteiger partial charge in [0, 0.05) is 0 Å². The summed E-state index contributed by atoms with van der Waals surface area (Å²) in [7, 11) is 0. The topological polar surface area (TPSA) is 0 Å². The van der Waals surface area contributed by atoms with Crippen LogP contribution in [0.4, 0.5) is 0 Å². The predicted octanol–water partition coefficient (Wildman–Crippen LogP) is 3.96. The standard InChI is InChI=1S/C12H24/c1-6-8(2)10(4)12-7-9(3)11(12)5/h8-12H,6-7H2,1-5H3. The Morgan fingerprint density at radius 2 is 1.83 bits per heavy atom. The average molecular weight is 168 g/mol. The van der Waals surface area contributed by atoms with Crippen molar-refractivity contribution in [2.45, 2.75) is 47.5 Å². The molecule has 0 radical (unpaired) electrons. The van der Waals surface area contributed by atoms with Crippen molar-refractivity contribution in [2.24, 2.45) is 29.6 Å². The fraction of sp³-hybridized carbons (Fsp3) is 1.00. The first kappa shape index (κ1) is 10.1. The lowest BCUT2D eigenvalue weighted by atomic mass is 9.59. The van der Waals surface area contributed by atoms with Crippen LogP contribution in [0.2, 0.25) is 0 Å². The minimum Gasteiger partial charge on any atom is -0.0651 e. The zero-order valence-corrected chi connectivity index (χ0v) is 9.30. The lowest BCUT2D eigenvalue weighted by Gasteiger charge is -2.46. The Labute approximate surface area is 77.7 Å². The van der Waals surface area contributed by atoms with Crippen molar-refractivity contribution in [1.29, 1.82) is 0 Å². The number of hydrogen-bond acceptors (Lipinski definition) is 0. The SMILES string of the molecule is CCC(C)C(C)C1CC(C)C1C. The van der Waals surface area contributed by atoms with Crippen LogP contribution in [0.3, 0.4) is 0 Å². The summed E-state index contributed by atoms with van der Waals surface area (Å²) in [5.41, 5.74) is 0. The minimum absolute atomic E-state index is 0.921. The maximum Gasteiger partial charge on any atom is -0.0355 e. The molecule has 0 nitrogen and oxygen atoms in total. The zero-order valence-electron chi connectivity index (χ0n) is 9.30. The van der Waals surface area contributed by atoms with Crippen molar-refractivity contribution in [3.8, 4) is 0 Å². The molecular formula is C12H24. The van der Waals surface area contributed by atoms with Gasteiger partial charge in [0.25, 0.3) is 0 Å². The molecular weight excluding hydrogens is 144 g/mol. The Kier molecular flexibility index (Phi) is 3.20. The Morgan fingerprint density at radius 1 is 1.25 bits per heavy atom. The minimum atomic E-state index is 0.921. The summed E-state index contributed by atoms with van der Waals surface area (Å²) < 4.78 is 0. The summed E-state index contributed by atoms with van der Waals surface area (Å²) in [5, 5.41) is 0. The van der Waals surface area contributed by atoms with Gasteiger partial charge in [-0.1, -0.05) is 41.0 Å². The molecule has 1 aliphatic rings. The molecule has 0 aromatic rings. The Hall–Kier alpha value is 0. The molecule has 0 aromatic carbocycles. The van der Waals surface area contributed by atoms with Crippen LogP contribution in [0.1, 0.15) is 47.5 Å². The van der Waals surface area contributed by atoms with Crippen molar-refractivity contribution in [3.63, 3.8) is 0 Å². The molecule has 0 saturated heterocycles. The Bertz CT molecular complexity index is 135. The highest BCUT2D eigenvalue weighted by atomic mass is 14.4. The molecule has 0 bridgehead atoms. The summed E-state index contributed by atoms with van der Waals surface area (Å²) in [6, 6.07) is 0. The first-order valence-electron chi connectivity index (χ1n) is 5.57. The summed E-state index contributed by atoms with van der Waals surface area (Å²) in [5.74, 6) is 4.86. The van der Waals surface area contributed by atoms with Gasteiger partial charge in [-0.15, -0.1) is 0 Å². The molecule has 1 fully saturated rings. The summed E-state index contributed by atoms with van der Waals surface area (Å²) >= 11 is 0. The lowest BCUT2D eigenvalue weighted by molar-refractivity contribution is 0.0321. The fourth-order valence-electron chi connectivity index (χ4n) is 2.57. The van der Waals surface area contributed by atoms with E-state index < -0.39 is 0 Å². The Morgan fingerprint density at radius 3 is 2.17 bits per heavy atom. The summed E-state index contributed by atoms with van der Waals surface area (Å²) in [6.07, 6.45) is 2.82. The highest BCUT2D eigenvalue weighted by Gasteiger charge is 2.38. The predicted molar refractivity (Wildman–Crippen MR) is 55.1 cm³/mol. The van der Waals surface area contributed by atoms with Crippen LogP contribution >= 0.6 is 0 Å².